The van der Waals surface area contributed by atoms with Crippen LogP contribution in [0.15, 0.2) is 34.7 Å². The molecule has 2 aromatic carbocycles. The van der Waals surface area contributed by atoms with Gasteiger partial charge in [-0.2, -0.15) is 0 Å². The van der Waals surface area contributed by atoms with Crippen molar-refractivity contribution in [2.24, 2.45) is 0 Å². The average molecular weight is 315 g/mol. The van der Waals surface area contributed by atoms with Crippen molar-refractivity contribution in [1.82, 2.24) is 0 Å². The summed E-state index contributed by atoms with van der Waals surface area (Å²) in [6, 6.07) is 10.4. The second-order valence-corrected chi connectivity index (χ2v) is 8.58. The maximum atomic E-state index is 6.12. The van der Waals surface area contributed by atoms with Crippen LogP contribution in [0.4, 0.5) is 0 Å². The Labute approximate surface area is 137 Å². The fourth-order valence-corrected chi connectivity index (χ4v) is 3.07. The number of halogens is 1. The van der Waals surface area contributed by atoms with Crippen molar-refractivity contribution in [2.75, 3.05) is 0 Å². The molecule has 0 saturated heterocycles. The highest BCUT2D eigenvalue weighted by molar-refractivity contribution is 6.31. The number of hydrogen-bond donors (Lipinski definition) is 0. The number of rotatable bonds is 0. The lowest BCUT2D eigenvalue weighted by atomic mass is 9.79. The quantitative estimate of drug-likeness (QED) is 0.443. The van der Waals surface area contributed by atoms with Gasteiger partial charge in [-0.3, -0.25) is 0 Å². The van der Waals surface area contributed by atoms with Crippen LogP contribution in [0.3, 0.4) is 0 Å². The molecule has 1 heterocycles. The fraction of sp³-hybridized carbons (Fsp3) is 0.400. The van der Waals surface area contributed by atoms with Crippen molar-refractivity contribution in [1.29, 1.82) is 0 Å². The van der Waals surface area contributed by atoms with E-state index in [9.17, 15) is 0 Å². The first-order valence-electron chi connectivity index (χ1n) is 7.74. The molecule has 0 fully saturated rings. The molecule has 0 bridgehead atoms. The maximum Gasteiger partial charge on any atom is 0.136 e. The molecule has 0 unspecified atom stereocenters. The van der Waals surface area contributed by atoms with Crippen LogP contribution < -0.4 is 0 Å². The minimum Gasteiger partial charge on any atom is -0.456 e. The van der Waals surface area contributed by atoms with Crippen molar-refractivity contribution in [2.45, 2.75) is 52.4 Å². The molecule has 3 rings (SSSR count). The zero-order chi connectivity index (χ0) is 16.3. The van der Waals surface area contributed by atoms with Gasteiger partial charge in [0.15, 0.2) is 0 Å². The summed E-state index contributed by atoms with van der Waals surface area (Å²) < 4.78 is 6.12. The van der Waals surface area contributed by atoms with Crippen LogP contribution in [0.5, 0.6) is 0 Å². The number of fused-ring (bicyclic) bond motifs is 3. The summed E-state index contributed by atoms with van der Waals surface area (Å²) in [6.07, 6.45) is 0. The lowest BCUT2D eigenvalue weighted by molar-refractivity contribution is 0.569. The zero-order valence-corrected chi connectivity index (χ0v) is 14.9. The van der Waals surface area contributed by atoms with Crippen molar-refractivity contribution >= 4 is 33.5 Å². The smallest absolute Gasteiger partial charge is 0.136 e. The topological polar surface area (TPSA) is 13.1 Å². The van der Waals surface area contributed by atoms with E-state index in [1.54, 1.807) is 0 Å². The number of furan rings is 1. The summed E-state index contributed by atoms with van der Waals surface area (Å²) in [5.74, 6) is 0. The third-order valence-corrected chi connectivity index (χ3v) is 4.44. The van der Waals surface area contributed by atoms with Gasteiger partial charge in [-0.15, -0.1) is 0 Å². The van der Waals surface area contributed by atoms with Gasteiger partial charge in [0.05, 0.1) is 0 Å². The van der Waals surface area contributed by atoms with Crippen LogP contribution in [0.25, 0.3) is 21.9 Å². The Morgan fingerprint density at radius 3 is 2.09 bits per heavy atom. The summed E-state index contributed by atoms with van der Waals surface area (Å²) in [5.41, 5.74) is 4.58. The average Bonchev–Trinajstić information content (AvgIpc) is 2.72. The van der Waals surface area contributed by atoms with E-state index in [1.165, 1.54) is 16.5 Å². The summed E-state index contributed by atoms with van der Waals surface area (Å²) in [6.45, 7) is 13.5. The molecular weight excluding hydrogens is 292 g/mol. The molecule has 116 valence electrons. The predicted octanol–water partition coefficient (Wildman–Crippen LogP) is 6.83. The molecule has 1 nitrogen and oxygen atoms in total. The van der Waals surface area contributed by atoms with Crippen molar-refractivity contribution in [3.05, 3.63) is 46.5 Å². The molecule has 1 aromatic heterocycles. The highest BCUT2D eigenvalue weighted by atomic mass is 35.5. The fourth-order valence-electron chi connectivity index (χ4n) is 2.90. The Morgan fingerprint density at radius 1 is 0.818 bits per heavy atom. The third kappa shape index (κ3) is 2.52. The molecule has 22 heavy (non-hydrogen) atoms. The molecule has 0 aliphatic rings. The SMILES string of the molecule is CC(C)(C)c1cc(C(C)(C)C)c2c(c1)oc1cc(Cl)ccc12. The normalized spacial score (nSPS) is 13.2. The van der Waals surface area contributed by atoms with E-state index in [4.69, 9.17) is 16.0 Å². The summed E-state index contributed by atoms with van der Waals surface area (Å²) in [7, 11) is 0. The molecular formula is C20H23ClO. The molecule has 3 aromatic rings. The Kier molecular flexibility index (Phi) is 3.34. The Balaban J connectivity index is 2.48. The summed E-state index contributed by atoms with van der Waals surface area (Å²) in [4.78, 5) is 0. The van der Waals surface area contributed by atoms with Gasteiger partial charge in [0.2, 0.25) is 0 Å². The summed E-state index contributed by atoms with van der Waals surface area (Å²) in [5, 5.41) is 3.07. The van der Waals surface area contributed by atoms with Crippen molar-refractivity contribution in [3.8, 4) is 0 Å². The van der Waals surface area contributed by atoms with Gasteiger partial charge in [0, 0.05) is 21.9 Å². The van der Waals surface area contributed by atoms with E-state index in [2.05, 4.69) is 59.7 Å². The lowest BCUT2D eigenvalue weighted by Gasteiger charge is -2.25. The largest absolute Gasteiger partial charge is 0.456 e. The summed E-state index contributed by atoms with van der Waals surface area (Å²) >= 11 is 6.12. The first kappa shape index (κ1) is 15.4. The molecule has 0 aliphatic heterocycles. The van der Waals surface area contributed by atoms with E-state index in [1.807, 2.05) is 12.1 Å². The van der Waals surface area contributed by atoms with Crippen molar-refractivity contribution < 1.29 is 4.42 Å². The number of benzene rings is 2. The highest BCUT2D eigenvalue weighted by Crippen LogP contribution is 2.40. The Hall–Kier alpha value is -1.47. The van der Waals surface area contributed by atoms with Crippen molar-refractivity contribution in [3.63, 3.8) is 0 Å². The van der Waals surface area contributed by atoms with E-state index in [0.717, 1.165) is 16.6 Å². The first-order valence-corrected chi connectivity index (χ1v) is 8.12. The Morgan fingerprint density at radius 2 is 1.50 bits per heavy atom. The highest BCUT2D eigenvalue weighted by Gasteiger charge is 2.25. The van der Waals surface area contributed by atoms with Crippen LogP contribution in [-0.2, 0) is 10.8 Å². The van der Waals surface area contributed by atoms with Gasteiger partial charge in [-0.25, -0.2) is 0 Å². The molecule has 2 heteroatoms. The minimum absolute atomic E-state index is 0.0515. The molecule has 0 spiro atoms. The van der Waals surface area contributed by atoms with Gasteiger partial charge < -0.3 is 4.42 Å². The van der Waals surface area contributed by atoms with E-state index in [0.29, 0.717) is 5.02 Å². The van der Waals surface area contributed by atoms with E-state index in [-0.39, 0.29) is 10.8 Å². The molecule has 0 saturated carbocycles. The lowest BCUT2D eigenvalue weighted by Crippen LogP contribution is -2.16. The number of hydrogen-bond acceptors (Lipinski definition) is 1. The van der Waals surface area contributed by atoms with Crippen LogP contribution >= 0.6 is 11.6 Å². The monoisotopic (exact) mass is 314 g/mol. The molecule has 0 radical (unpaired) electrons. The predicted molar refractivity (Wildman–Crippen MR) is 96.1 cm³/mol. The second-order valence-electron chi connectivity index (χ2n) is 8.14. The molecule has 0 amide bonds. The van der Waals surface area contributed by atoms with Gasteiger partial charge in [-0.05, 0) is 40.2 Å². The van der Waals surface area contributed by atoms with Crippen LogP contribution in [0.2, 0.25) is 5.02 Å². The van der Waals surface area contributed by atoms with Crippen LogP contribution in [0.1, 0.15) is 52.7 Å². The standard InChI is InChI=1S/C20H23ClO/c1-19(2,3)12-9-15(20(4,5)6)18-14-8-7-13(21)11-16(14)22-17(18)10-12/h7-11H,1-6H3. The van der Waals surface area contributed by atoms with Crippen LogP contribution in [-0.4, -0.2) is 0 Å². The zero-order valence-electron chi connectivity index (χ0n) is 14.2. The maximum absolute atomic E-state index is 6.12. The Bertz CT molecular complexity index is 857. The van der Waals surface area contributed by atoms with Gasteiger partial charge in [-0.1, -0.05) is 59.2 Å². The van der Waals surface area contributed by atoms with Crippen LogP contribution in [0, 0.1) is 0 Å². The second kappa shape index (κ2) is 4.76. The van der Waals surface area contributed by atoms with Gasteiger partial charge >= 0.3 is 0 Å². The third-order valence-electron chi connectivity index (χ3n) is 4.21. The molecule has 0 N–H and O–H groups in total. The van der Waals surface area contributed by atoms with E-state index >= 15 is 0 Å². The molecule has 0 atom stereocenters. The van der Waals surface area contributed by atoms with E-state index < -0.39 is 0 Å². The molecule has 0 aliphatic carbocycles. The first-order chi connectivity index (χ1) is 10.1. The van der Waals surface area contributed by atoms with Gasteiger partial charge in [0.1, 0.15) is 11.2 Å². The minimum atomic E-state index is 0.0515. The van der Waals surface area contributed by atoms with Gasteiger partial charge in [0.25, 0.3) is 0 Å².